The molecule has 1 N–H and O–H groups in total. The SMILES string of the molecule is CC(C)(O)CCCCC1CCC2C3CCC4C(OCc5ccccn5)C(OCc5ccccn5)CC[C@]4(C)C3CCC12C. The minimum atomic E-state index is -0.532. The molecule has 8 unspecified atom stereocenters. The van der Waals surface area contributed by atoms with Gasteiger partial charge >= 0.3 is 0 Å². The summed E-state index contributed by atoms with van der Waals surface area (Å²) in [7, 11) is 0. The largest absolute Gasteiger partial charge is 0.390 e. The van der Waals surface area contributed by atoms with Gasteiger partial charge < -0.3 is 14.6 Å². The lowest BCUT2D eigenvalue weighted by Crippen LogP contribution is -2.59. The van der Waals surface area contributed by atoms with E-state index in [1.165, 1.54) is 57.8 Å². The van der Waals surface area contributed by atoms with Crippen LogP contribution in [-0.2, 0) is 22.7 Å². The maximum Gasteiger partial charge on any atom is 0.0893 e. The highest BCUT2D eigenvalue weighted by molar-refractivity contribution is 5.12. The Labute approximate surface area is 260 Å². The van der Waals surface area contributed by atoms with Crippen LogP contribution in [0.4, 0.5) is 0 Å². The van der Waals surface area contributed by atoms with Crippen molar-refractivity contribution in [2.45, 2.75) is 136 Å². The summed E-state index contributed by atoms with van der Waals surface area (Å²) in [4.78, 5) is 9.09. The van der Waals surface area contributed by atoms with Crippen LogP contribution < -0.4 is 0 Å². The zero-order valence-corrected chi connectivity index (χ0v) is 27.2. The van der Waals surface area contributed by atoms with Gasteiger partial charge in [0.15, 0.2) is 0 Å². The molecule has 4 saturated carbocycles. The second-order valence-corrected chi connectivity index (χ2v) is 15.7. The molecule has 4 fully saturated rings. The van der Waals surface area contributed by atoms with Crippen molar-refractivity contribution in [2.24, 2.45) is 40.4 Å². The molecule has 0 spiro atoms. The normalized spacial score (nSPS) is 37.4. The summed E-state index contributed by atoms with van der Waals surface area (Å²) >= 11 is 0. The zero-order chi connectivity index (χ0) is 30.1. The summed E-state index contributed by atoms with van der Waals surface area (Å²) in [5.74, 6) is 3.88. The van der Waals surface area contributed by atoms with Gasteiger partial charge in [-0.1, -0.05) is 38.8 Å². The van der Waals surface area contributed by atoms with E-state index in [4.69, 9.17) is 9.47 Å². The second-order valence-electron chi connectivity index (χ2n) is 15.7. The Morgan fingerprint density at radius 1 is 0.767 bits per heavy atom. The van der Waals surface area contributed by atoms with Gasteiger partial charge in [0.1, 0.15) is 0 Å². The molecule has 2 heterocycles. The van der Waals surface area contributed by atoms with E-state index in [2.05, 4.69) is 42.0 Å². The van der Waals surface area contributed by atoms with Crippen LogP contribution in [0.1, 0.15) is 116 Å². The summed E-state index contributed by atoms with van der Waals surface area (Å²) < 4.78 is 13.5. The van der Waals surface area contributed by atoms with Crippen LogP contribution in [0.15, 0.2) is 48.8 Å². The van der Waals surface area contributed by atoms with Gasteiger partial charge in [-0.25, -0.2) is 0 Å². The van der Waals surface area contributed by atoms with Crippen molar-refractivity contribution in [3.63, 3.8) is 0 Å². The van der Waals surface area contributed by atoms with Gasteiger partial charge in [-0.3, -0.25) is 9.97 Å². The monoisotopic (exact) mass is 588 g/mol. The molecule has 0 saturated heterocycles. The van der Waals surface area contributed by atoms with E-state index >= 15 is 0 Å². The number of nitrogens with zero attached hydrogens (tertiary/aromatic N) is 2. The Morgan fingerprint density at radius 3 is 2.09 bits per heavy atom. The Balaban J connectivity index is 1.15. The third kappa shape index (κ3) is 6.60. The number of ether oxygens (including phenoxy) is 2. The zero-order valence-electron chi connectivity index (χ0n) is 27.2. The fraction of sp³-hybridized carbons (Fsp3) is 0.737. The van der Waals surface area contributed by atoms with Crippen molar-refractivity contribution in [1.29, 1.82) is 0 Å². The Morgan fingerprint density at radius 2 is 1.42 bits per heavy atom. The van der Waals surface area contributed by atoms with Gasteiger partial charge in [-0.2, -0.15) is 0 Å². The summed E-state index contributed by atoms with van der Waals surface area (Å²) in [5.41, 5.74) is 2.26. The van der Waals surface area contributed by atoms with Gasteiger partial charge in [-0.15, -0.1) is 0 Å². The second kappa shape index (κ2) is 12.9. The molecule has 0 radical (unpaired) electrons. The molecule has 2 aromatic heterocycles. The van der Waals surface area contributed by atoms with Crippen molar-refractivity contribution >= 4 is 0 Å². The van der Waals surface area contributed by atoms with Gasteiger partial charge in [0, 0.05) is 12.4 Å². The summed E-state index contributed by atoms with van der Waals surface area (Å²) in [6.45, 7) is 10.3. The number of fused-ring (bicyclic) bond motifs is 5. The van der Waals surface area contributed by atoms with Crippen LogP contribution in [0.2, 0.25) is 0 Å². The van der Waals surface area contributed by atoms with E-state index in [1.807, 2.05) is 44.4 Å². The van der Waals surface area contributed by atoms with Crippen LogP contribution in [0, 0.1) is 40.4 Å². The van der Waals surface area contributed by atoms with Crippen molar-refractivity contribution < 1.29 is 14.6 Å². The average Bonchev–Trinajstić information content (AvgIpc) is 3.34. The van der Waals surface area contributed by atoms with E-state index in [0.29, 0.717) is 30.0 Å². The number of aromatic nitrogens is 2. The molecule has 4 aliphatic rings. The molecule has 4 aliphatic carbocycles. The number of hydrogen-bond acceptors (Lipinski definition) is 5. The van der Waals surface area contributed by atoms with Gasteiger partial charge in [0.25, 0.3) is 0 Å². The van der Waals surface area contributed by atoms with E-state index in [9.17, 15) is 5.11 Å². The highest BCUT2D eigenvalue weighted by Gasteiger charge is 2.62. The van der Waals surface area contributed by atoms with Gasteiger partial charge in [0.05, 0.1) is 42.4 Å². The smallest absolute Gasteiger partial charge is 0.0893 e. The quantitative estimate of drug-likeness (QED) is 0.267. The fourth-order valence-corrected chi connectivity index (χ4v) is 10.5. The molecule has 0 amide bonds. The molecule has 5 heteroatoms. The lowest BCUT2D eigenvalue weighted by atomic mass is 9.44. The number of aliphatic hydroxyl groups is 1. The predicted octanol–water partition coefficient (Wildman–Crippen LogP) is 8.55. The summed E-state index contributed by atoms with van der Waals surface area (Å²) in [5, 5.41) is 10.2. The third-order valence-electron chi connectivity index (χ3n) is 12.8. The maximum absolute atomic E-state index is 10.2. The van der Waals surface area contributed by atoms with E-state index in [1.54, 1.807) is 0 Å². The van der Waals surface area contributed by atoms with Gasteiger partial charge in [0.2, 0.25) is 0 Å². The molecule has 0 aliphatic heterocycles. The molecule has 2 aromatic rings. The summed E-state index contributed by atoms with van der Waals surface area (Å²) in [6.07, 6.45) is 19.0. The minimum Gasteiger partial charge on any atom is -0.390 e. The Hall–Kier alpha value is -1.82. The molecule has 0 bridgehead atoms. The Kier molecular flexibility index (Phi) is 9.34. The number of unbranched alkanes of at least 4 members (excludes halogenated alkanes) is 1. The van der Waals surface area contributed by atoms with Crippen LogP contribution >= 0.6 is 0 Å². The van der Waals surface area contributed by atoms with Crippen molar-refractivity contribution in [3.05, 3.63) is 60.2 Å². The lowest BCUT2D eigenvalue weighted by Gasteiger charge is -2.62. The number of pyridine rings is 2. The third-order valence-corrected chi connectivity index (χ3v) is 12.8. The predicted molar refractivity (Wildman–Crippen MR) is 171 cm³/mol. The molecule has 43 heavy (non-hydrogen) atoms. The van der Waals surface area contributed by atoms with Crippen LogP contribution in [0.25, 0.3) is 0 Å². The fourth-order valence-electron chi connectivity index (χ4n) is 10.5. The first-order chi connectivity index (χ1) is 20.7. The lowest BCUT2D eigenvalue weighted by molar-refractivity contribution is -0.206. The molecular formula is C38H56N2O3. The maximum atomic E-state index is 10.2. The van der Waals surface area contributed by atoms with Crippen molar-refractivity contribution in [3.8, 4) is 0 Å². The van der Waals surface area contributed by atoms with E-state index < -0.39 is 5.60 Å². The topological polar surface area (TPSA) is 64.5 Å². The number of hydrogen-bond donors (Lipinski definition) is 1. The first-order valence-corrected chi connectivity index (χ1v) is 17.4. The van der Waals surface area contributed by atoms with Crippen molar-refractivity contribution in [1.82, 2.24) is 9.97 Å². The van der Waals surface area contributed by atoms with Crippen LogP contribution in [0.5, 0.6) is 0 Å². The molecule has 9 atom stereocenters. The van der Waals surface area contributed by atoms with Crippen LogP contribution in [-0.4, -0.2) is 32.9 Å². The average molecular weight is 589 g/mol. The highest BCUT2D eigenvalue weighted by atomic mass is 16.5. The van der Waals surface area contributed by atoms with Gasteiger partial charge in [-0.05, 0) is 143 Å². The highest BCUT2D eigenvalue weighted by Crippen LogP contribution is 2.68. The standard InChI is InChI=1S/C38H56N2O3/c1-36(2,41)20-8-5-11-27-14-16-31-30-15-17-33-35(43-26-29-13-7-10-24-40-29)34(42-25-28-12-6-9-23-39-28)19-22-38(33,4)32(30)18-21-37(27,31)3/h6-7,9-10,12-13,23-24,27,30-35,41H,5,8,11,14-22,25-26H2,1-4H3/t27?,30?,31?,32?,33?,34?,35?,37?,38-/m1/s1. The summed E-state index contributed by atoms with van der Waals surface area (Å²) in [6, 6.07) is 12.2. The molecule has 236 valence electrons. The van der Waals surface area contributed by atoms with Crippen LogP contribution in [0.3, 0.4) is 0 Å². The van der Waals surface area contributed by atoms with E-state index in [-0.39, 0.29) is 12.2 Å². The molecule has 0 aromatic carbocycles. The molecular weight excluding hydrogens is 532 g/mol. The Bertz CT molecular complexity index is 1170. The molecule has 5 nitrogen and oxygen atoms in total. The van der Waals surface area contributed by atoms with Crippen molar-refractivity contribution in [2.75, 3.05) is 0 Å². The number of rotatable bonds is 11. The first kappa shape index (κ1) is 31.2. The van der Waals surface area contributed by atoms with E-state index in [0.717, 1.165) is 54.3 Å². The molecule has 6 rings (SSSR count). The first-order valence-electron chi connectivity index (χ1n) is 17.4. The minimum absolute atomic E-state index is 0.0887.